The van der Waals surface area contributed by atoms with Crippen molar-refractivity contribution >= 4 is 6.29 Å². The van der Waals surface area contributed by atoms with Crippen molar-refractivity contribution in [2.24, 2.45) is 5.92 Å². The van der Waals surface area contributed by atoms with E-state index in [2.05, 4.69) is 9.64 Å². The molecule has 3 nitrogen and oxygen atoms in total. The summed E-state index contributed by atoms with van der Waals surface area (Å²) in [5.41, 5.74) is 0.731. The van der Waals surface area contributed by atoms with Crippen molar-refractivity contribution in [3.8, 4) is 5.75 Å². The first-order valence-electron chi connectivity index (χ1n) is 6.39. The monoisotopic (exact) mass is 269 g/mol. The Morgan fingerprint density at radius 2 is 2.21 bits per heavy atom. The standard InChI is InChI=1S/C14H17F2NO2/c15-14(16)19-13-6-2-1-5-12(13)9-17-7-3-4-11(8-17)10-18/h1-2,5-6,10-11,14H,3-4,7-9H2. The van der Waals surface area contributed by atoms with E-state index >= 15 is 0 Å². The maximum atomic E-state index is 12.3. The molecule has 0 aliphatic carbocycles. The lowest BCUT2D eigenvalue weighted by atomic mass is 9.99. The first-order valence-corrected chi connectivity index (χ1v) is 6.39. The summed E-state index contributed by atoms with van der Waals surface area (Å²) in [5, 5.41) is 0. The Hall–Kier alpha value is -1.49. The minimum Gasteiger partial charge on any atom is -0.434 e. The average Bonchev–Trinajstić information content (AvgIpc) is 2.41. The van der Waals surface area contributed by atoms with E-state index in [1.54, 1.807) is 24.3 Å². The van der Waals surface area contributed by atoms with Gasteiger partial charge in [0, 0.05) is 24.6 Å². The highest BCUT2D eigenvalue weighted by atomic mass is 19.3. The molecular weight excluding hydrogens is 252 g/mol. The molecule has 0 aromatic heterocycles. The summed E-state index contributed by atoms with van der Waals surface area (Å²) < 4.78 is 29.1. The zero-order valence-corrected chi connectivity index (χ0v) is 10.6. The minimum atomic E-state index is -2.81. The highest BCUT2D eigenvalue weighted by molar-refractivity contribution is 5.54. The van der Waals surface area contributed by atoms with Crippen LogP contribution in [0.2, 0.25) is 0 Å². The minimum absolute atomic E-state index is 0.0527. The number of rotatable bonds is 5. The van der Waals surface area contributed by atoms with Crippen LogP contribution in [0.4, 0.5) is 8.78 Å². The smallest absolute Gasteiger partial charge is 0.387 e. The van der Waals surface area contributed by atoms with Gasteiger partial charge in [-0.3, -0.25) is 4.90 Å². The molecule has 0 N–H and O–H groups in total. The zero-order valence-electron chi connectivity index (χ0n) is 10.6. The number of nitrogens with zero attached hydrogens (tertiary/aromatic N) is 1. The molecule has 0 spiro atoms. The van der Waals surface area contributed by atoms with Crippen molar-refractivity contribution in [3.63, 3.8) is 0 Å². The second kappa shape index (κ2) is 6.61. The van der Waals surface area contributed by atoms with Gasteiger partial charge in [0.05, 0.1) is 0 Å². The molecule has 1 heterocycles. The van der Waals surface area contributed by atoms with Crippen LogP contribution in [0.3, 0.4) is 0 Å². The van der Waals surface area contributed by atoms with E-state index in [4.69, 9.17) is 0 Å². The van der Waals surface area contributed by atoms with Crippen molar-refractivity contribution in [2.75, 3.05) is 13.1 Å². The molecule has 1 fully saturated rings. The summed E-state index contributed by atoms with van der Waals surface area (Å²) >= 11 is 0. The van der Waals surface area contributed by atoms with Crippen LogP contribution in [0.25, 0.3) is 0 Å². The van der Waals surface area contributed by atoms with Crippen LogP contribution in [-0.2, 0) is 11.3 Å². The third kappa shape index (κ3) is 3.99. The van der Waals surface area contributed by atoms with Crippen LogP contribution in [0.15, 0.2) is 24.3 Å². The van der Waals surface area contributed by atoms with Gasteiger partial charge in [-0.2, -0.15) is 8.78 Å². The highest BCUT2D eigenvalue weighted by Crippen LogP contribution is 2.24. The topological polar surface area (TPSA) is 29.5 Å². The Morgan fingerprint density at radius 3 is 2.95 bits per heavy atom. The fourth-order valence-corrected chi connectivity index (χ4v) is 2.43. The normalized spacial score (nSPS) is 20.5. The van der Waals surface area contributed by atoms with E-state index in [0.717, 1.165) is 31.2 Å². The first-order chi connectivity index (χ1) is 9.19. The van der Waals surface area contributed by atoms with Crippen LogP contribution in [-0.4, -0.2) is 30.9 Å². The second-order valence-corrected chi connectivity index (χ2v) is 4.76. The number of para-hydroxylation sites is 1. The number of piperidine rings is 1. The third-order valence-electron chi connectivity index (χ3n) is 3.32. The van der Waals surface area contributed by atoms with Crippen LogP contribution in [0.5, 0.6) is 5.75 Å². The van der Waals surface area contributed by atoms with Crippen molar-refractivity contribution in [1.29, 1.82) is 0 Å². The largest absolute Gasteiger partial charge is 0.434 e. The van der Waals surface area contributed by atoms with E-state index in [0.29, 0.717) is 13.1 Å². The summed E-state index contributed by atoms with van der Waals surface area (Å²) in [7, 11) is 0. The van der Waals surface area contributed by atoms with Crippen LogP contribution < -0.4 is 4.74 Å². The van der Waals surface area contributed by atoms with Gasteiger partial charge in [-0.25, -0.2) is 0 Å². The number of hydrogen-bond donors (Lipinski definition) is 0. The number of halogens is 2. The number of hydrogen-bond acceptors (Lipinski definition) is 3. The summed E-state index contributed by atoms with van der Waals surface area (Å²) in [6.45, 7) is -0.710. The molecule has 0 bridgehead atoms. The molecule has 19 heavy (non-hydrogen) atoms. The molecular formula is C14H17F2NO2. The summed E-state index contributed by atoms with van der Waals surface area (Å²) in [4.78, 5) is 12.9. The molecule has 2 rings (SSSR count). The van der Waals surface area contributed by atoms with Gasteiger partial charge >= 0.3 is 6.61 Å². The van der Waals surface area contributed by atoms with Gasteiger partial charge < -0.3 is 9.53 Å². The van der Waals surface area contributed by atoms with Gasteiger partial charge in [-0.05, 0) is 25.5 Å². The molecule has 1 saturated heterocycles. The number of carbonyl (C=O) groups excluding carboxylic acids is 1. The molecule has 1 aliphatic heterocycles. The van der Waals surface area contributed by atoms with Gasteiger partial charge in [0.1, 0.15) is 12.0 Å². The van der Waals surface area contributed by atoms with Crippen molar-refractivity contribution in [2.45, 2.75) is 26.0 Å². The van der Waals surface area contributed by atoms with Gasteiger partial charge in [-0.1, -0.05) is 18.2 Å². The molecule has 1 aromatic rings. The first kappa shape index (κ1) is 13.9. The van der Waals surface area contributed by atoms with E-state index in [9.17, 15) is 13.6 Å². The lowest BCUT2D eigenvalue weighted by Crippen LogP contribution is -2.35. The van der Waals surface area contributed by atoms with E-state index in [1.807, 2.05) is 0 Å². The van der Waals surface area contributed by atoms with Crippen molar-refractivity contribution in [3.05, 3.63) is 29.8 Å². The molecule has 5 heteroatoms. The summed E-state index contributed by atoms with van der Waals surface area (Å²) in [6, 6.07) is 6.80. The molecule has 1 atom stereocenters. The number of ether oxygens (including phenoxy) is 1. The highest BCUT2D eigenvalue weighted by Gasteiger charge is 2.20. The molecule has 1 unspecified atom stereocenters. The fraction of sp³-hybridized carbons (Fsp3) is 0.500. The maximum absolute atomic E-state index is 12.3. The van der Waals surface area contributed by atoms with Crippen LogP contribution in [0, 0.1) is 5.92 Å². The van der Waals surface area contributed by atoms with E-state index < -0.39 is 6.61 Å². The fourth-order valence-electron chi connectivity index (χ4n) is 2.43. The number of carbonyl (C=O) groups is 1. The molecule has 0 saturated carbocycles. The van der Waals surface area contributed by atoms with E-state index in [1.165, 1.54) is 0 Å². The number of benzene rings is 1. The summed E-state index contributed by atoms with van der Waals surface area (Å²) in [6.07, 6.45) is 2.85. The second-order valence-electron chi connectivity index (χ2n) is 4.76. The Labute approximate surface area is 111 Å². The Bertz CT molecular complexity index is 426. The van der Waals surface area contributed by atoms with Crippen LogP contribution >= 0.6 is 0 Å². The quantitative estimate of drug-likeness (QED) is 0.770. The third-order valence-corrected chi connectivity index (χ3v) is 3.32. The number of aldehydes is 1. The predicted octanol–water partition coefficient (Wildman–Crippen LogP) is 2.70. The molecule has 0 amide bonds. The van der Waals surface area contributed by atoms with Gasteiger partial charge in [0.15, 0.2) is 0 Å². The summed E-state index contributed by atoms with van der Waals surface area (Å²) in [5.74, 6) is 0.266. The number of alkyl halides is 2. The zero-order chi connectivity index (χ0) is 13.7. The SMILES string of the molecule is O=CC1CCCN(Cc2ccccc2OC(F)F)C1. The number of likely N-dealkylation sites (tertiary alicyclic amines) is 1. The molecule has 104 valence electrons. The van der Waals surface area contributed by atoms with Crippen LogP contribution in [0.1, 0.15) is 18.4 Å². The van der Waals surface area contributed by atoms with Gasteiger partial charge in [0.25, 0.3) is 0 Å². The molecule has 0 radical (unpaired) electrons. The van der Waals surface area contributed by atoms with Crippen molar-refractivity contribution < 1.29 is 18.3 Å². The van der Waals surface area contributed by atoms with E-state index in [-0.39, 0.29) is 11.7 Å². The lowest BCUT2D eigenvalue weighted by molar-refractivity contribution is -0.112. The van der Waals surface area contributed by atoms with Gasteiger partial charge in [0.2, 0.25) is 0 Å². The Kier molecular flexibility index (Phi) is 4.85. The Balaban J connectivity index is 2.03. The average molecular weight is 269 g/mol. The maximum Gasteiger partial charge on any atom is 0.387 e. The Morgan fingerprint density at radius 1 is 1.42 bits per heavy atom. The van der Waals surface area contributed by atoms with Crippen molar-refractivity contribution in [1.82, 2.24) is 4.90 Å². The van der Waals surface area contributed by atoms with Gasteiger partial charge in [-0.15, -0.1) is 0 Å². The molecule has 1 aliphatic rings. The predicted molar refractivity (Wildman–Crippen MR) is 67.1 cm³/mol. The lowest BCUT2D eigenvalue weighted by Gasteiger charge is -2.30. The molecule has 1 aromatic carbocycles.